The standard InChI is InChI=1S/C18H28N6O/c1-13(24-8-4-3-5-9-24)20-11-15(12-25-2)18(19)21-17-10-16(22-23-17)14-6-7-14/h10-11,14,20H,1,3-9,12H2,2H3,(H3,19,21,22,23). The minimum atomic E-state index is 0.371. The average molecular weight is 344 g/mol. The van der Waals surface area contributed by atoms with E-state index in [2.05, 4.69) is 32.0 Å². The number of aromatic amines is 1. The van der Waals surface area contributed by atoms with Gasteiger partial charge in [0.25, 0.3) is 0 Å². The zero-order valence-electron chi connectivity index (χ0n) is 14.9. The molecule has 0 spiro atoms. The lowest BCUT2D eigenvalue weighted by molar-refractivity contribution is 0.229. The van der Waals surface area contributed by atoms with Crippen molar-refractivity contribution in [3.05, 3.63) is 35.9 Å². The Balaban J connectivity index is 1.65. The van der Waals surface area contributed by atoms with E-state index in [-0.39, 0.29) is 0 Å². The van der Waals surface area contributed by atoms with Gasteiger partial charge in [0.05, 0.1) is 12.4 Å². The fourth-order valence-electron chi connectivity index (χ4n) is 2.95. The molecule has 2 aliphatic rings. The number of piperidine rings is 1. The van der Waals surface area contributed by atoms with Crippen LogP contribution in [0.5, 0.6) is 0 Å². The lowest BCUT2D eigenvalue weighted by atomic mass is 10.1. The molecule has 4 N–H and O–H groups in total. The highest BCUT2D eigenvalue weighted by atomic mass is 16.5. The molecule has 1 aromatic heterocycles. The number of nitrogens with two attached hydrogens (primary N) is 1. The summed E-state index contributed by atoms with van der Waals surface area (Å²) in [5.41, 5.74) is 8.08. The molecule has 2 heterocycles. The third-order valence-corrected chi connectivity index (χ3v) is 4.62. The van der Waals surface area contributed by atoms with Gasteiger partial charge < -0.3 is 20.7 Å². The average Bonchev–Trinajstić information content (AvgIpc) is 3.38. The lowest BCUT2D eigenvalue weighted by Gasteiger charge is -2.30. The van der Waals surface area contributed by atoms with Crippen molar-refractivity contribution in [2.45, 2.75) is 38.0 Å². The van der Waals surface area contributed by atoms with Crippen molar-refractivity contribution in [3.63, 3.8) is 0 Å². The Kier molecular flexibility index (Phi) is 5.75. The number of amidine groups is 1. The first-order valence-electron chi connectivity index (χ1n) is 8.95. The van der Waals surface area contributed by atoms with Gasteiger partial charge in [-0.05, 0) is 32.1 Å². The normalized spacial score (nSPS) is 19.2. The van der Waals surface area contributed by atoms with Crippen molar-refractivity contribution < 1.29 is 4.74 Å². The van der Waals surface area contributed by atoms with Crippen molar-refractivity contribution in [1.82, 2.24) is 20.4 Å². The van der Waals surface area contributed by atoms with Crippen LogP contribution in [0.15, 0.2) is 35.2 Å². The highest BCUT2D eigenvalue weighted by Crippen LogP contribution is 2.39. The number of ether oxygens (including phenoxy) is 1. The molecule has 7 heteroatoms. The first-order chi connectivity index (χ1) is 12.2. The maximum atomic E-state index is 6.17. The van der Waals surface area contributed by atoms with Gasteiger partial charge in [-0.3, -0.25) is 5.10 Å². The molecule has 1 aromatic rings. The molecule has 0 bridgehead atoms. The van der Waals surface area contributed by atoms with Crippen LogP contribution in [0.4, 0.5) is 5.82 Å². The molecule has 0 atom stereocenters. The van der Waals surface area contributed by atoms with Crippen LogP contribution in [0.25, 0.3) is 0 Å². The van der Waals surface area contributed by atoms with Gasteiger partial charge in [-0.15, -0.1) is 0 Å². The monoisotopic (exact) mass is 344 g/mol. The molecular formula is C18H28N6O. The quantitative estimate of drug-likeness (QED) is 0.497. The number of methoxy groups -OCH3 is 1. The summed E-state index contributed by atoms with van der Waals surface area (Å²) in [5.74, 6) is 2.50. The van der Waals surface area contributed by atoms with Gasteiger partial charge in [0.15, 0.2) is 5.82 Å². The summed E-state index contributed by atoms with van der Waals surface area (Å²) in [6.45, 7) is 6.57. The molecule has 136 valence electrons. The van der Waals surface area contributed by atoms with Crippen LogP contribution < -0.4 is 11.1 Å². The number of likely N-dealkylation sites (tertiary alicyclic amines) is 1. The maximum absolute atomic E-state index is 6.17. The molecule has 3 rings (SSSR count). The molecule has 0 unspecified atom stereocenters. The van der Waals surface area contributed by atoms with Gasteiger partial charge in [-0.2, -0.15) is 5.10 Å². The number of aliphatic imine (C=N–C) groups is 1. The third kappa shape index (κ3) is 4.85. The van der Waals surface area contributed by atoms with Crippen molar-refractivity contribution in [3.8, 4) is 0 Å². The highest BCUT2D eigenvalue weighted by molar-refractivity contribution is 5.98. The van der Waals surface area contributed by atoms with Crippen LogP contribution >= 0.6 is 0 Å². The molecule has 1 saturated carbocycles. The van der Waals surface area contributed by atoms with Crippen LogP contribution in [-0.4, -0.2) is 47.7 Å². The second kappa shape index (κ2) is 8.20. The van der Waals surface area contributed by atoms with Crippen molar-refractivity contribution in [1.29, 1.82) is 0 Å². The smallest absolute Gasteiger partial charge is 0.175 e. The molecular weight excluding hydrogens is 316 g/mol. The number of nitrogens with zero attached hydrogens (tertiary/aromatic N) is 3. The molecule has 0 amide bonds. The van der Waals surface area contributed by atoms with Crippen molar-refractivity contribution in [2.75, 3.05) is 26.8 Å². The summed E-state index contributed by atoms with van der Waals surface area (Å²) >= 11 is 0. The molecule has 1 saturated heterocycles. The van der Waals surface area contributed by atoms with E-state index in [0.29, 0.717) is 24.2 Å². The van der Waals surface area contributed by atoms with Gasteiger partial charge in [-0.25, -0.2) is 4.99 Å². The van der Waals surface area contributed by atoms with E-state index in [9.17, 15) is 0 Å². The fourth-order valence-corrected chi connectivity index (χ4v) is 2.95. The van der Waals surface area contributed by atoms with Crippen LogP contribution in [0.2, 0.25) is 0 Å². The van der Waals surface area contributed by atoms with Crippen LogP contribution in [0.1, 0.15) is 43.7 Å². The minimum absolute atomic E-state index is 0.371. The van der Waals surface area contributed by atoms with Crippen LogP contribution in [0, 0.1) is 0 Å². The molecule has 7 nitrogen and oxygen atoms in total. The highest BCUT2D eigenvalue weighted by Gasteiger charge is 2.25. The number of aromatic nitrogens is 2. The summed E-state index contributed by atoms with van der Waals surface area (Å²) in [4.78, 5) is 6.68. The van der Waals surface area contributed by atoms with Gasteiger partial charge in [0, 0.05) is 49.7 Å². The second-order valence-electron chi connectivity index (χ2n) is 6.69. The summed E-state index contributed by atoms with van der Waals surface area (Å²) in [7, 11) is 1.64. The van der Waals surface area contributed by atoms with Gasteiger partial charge in [0.2, 0.25) is 0 Å². The zero-order chi connectivity index (χ0) is 17.6. The lowest BCUT2D eigenvalue weighted by Crippen LogP contribution is -2.34. The van der Waals surface area contributed by atoms with E-state index >= 15 is 0 Å². The van der Waals surface area contributed by atoms with E-state index in [1.807, 2.05) is 12.3 Å². The topological polar surface area (TPSA) is 91.6 Å². The minimum Gasteiger partial charge on any atom is -0.383 e. The first kappa shape index (κ1) is 17.5. The zero-order valence-corrected chi connectivity index (χ0v) is 14.9. The van der Waals surface area contributed by atoms with Crippen LogP contribution in [0.3, 0.4) is 0 Å². The predicted octanol–water partition coefficient (Wildman–Crippen LogP) is 2.35. The summed E-state index contributed by atoms with van der Waals surface area (Å²) < 4.78 is 5.25. The molecule has 2 fully saturated rings. The number of nitrogens with one attached hydrogen (secondary N) is 2. The summed E-state index contributed by atoms with van der Waals surface area (Å²) in [5, 5.41) is 10.5. The third-order valence-electron chi connectivity index (χ3n) is 4.62. The van der Waals surface area contributed by atoms with Crippen molar-refractivity contribution >= 4 is 11.7 Å². The Hall–Kier alpha value is -2.28. The number of H-pyrrole nitrogens is 1. The fraction of sp³-hybridized carbons (Fsp3) is 0.556. The van der Waals surface area contributed by atoms with Crippen molar-refractivity contribution in [2.24, 2.45) is 10.7 Å². The van der Waals surface area contributed by atoms with Gasteiger partial charge >= 0.3 is 0 Å². The number of hydrogen-bond donors (Lipinski definition) is 3. The van der Waals surface area contributed by atoms with E-state index in [1.165, 1.54) is 32.1 Å². The summed E-state index contributed by atoms with van der Waals surface area (Å²) in [6, 6.07) is 1.97. The second-order valence-corrected chi connectivity index (χ2v) is 6.69. The largest absolute Gasteiger partial charge is 0.383 e. The summed E-state index contributed by atoms with van der Waals surface area (Å²) in [6.07, 6.45) is 7.98. The van der Waals surface area contributed by atoms with Crippen LogP contribution in [-0.2, 0) is 4.74 Å². The Morgan fingerprint density at radius 2 is 2.24 bits per heavy atom. The number of rotatable bonds is 8. The molecule has 25 heavy (non-hydrogen) atoms. The maximum Gasteiger partial charge on any atom is 0.175 e. The number of hydrogen-bond acceptors (Lipinski definition) is 5. The Morgan fingerprint density at radius 3 is 2.92 bits per heavy atom. The SMILES string of the molecule is C=C(NC=C(COC)C(N)=Nc1cc(C2CC2)[nH]n1)N1CCCCC1. The Labute approximate surface area is 149 Å². The van der Waals surface area contributed by atoms with E-state index in [0.717, 1.165) is 30.2 Å². The first-order valence-corrected chi connectivity index (χ1v) is 8.95. The molecule has 1 aliphatic heterocycles. The Bertz CT molecular complexity index is 652. The predicted molar refractivity (Wildman–Crippen MR) is 99.5 cm³/mol. The van der Waals surface area contributed by atoms with E-state index < -0.39 is 0 Å². The Morgan fingerprint density at radius 1 is 1.48 bits per heavy atom. The molecule has 0 aromatic carbocycles. The van der Waals surface area contributed by atoms with E-state index in [1.54, 1.807) is 7.11 Å². The molecule has 1 aliphatic carbocycles. The van der Waals surface area contributed by atoms with Gasteiger partial charge in [-0.1, -0.05) is 6.58 Å². The van der Waals surface area contributed by atoms with E-state index in [4.69, 9.17) is 10.5 Å². The molecule has 0 radical (unpaired) electrons. The van der Waals surface area contributed by atoms with Gasteiger partial charge in [0.1, 0.15) is 5.84 Å².